The van der Waals surface area contributed by atoms with Crippen LogP contribution in [0.4, 0.5) is 20.2 Å². The second kappa shape index (κ2) is 11.3. The summed E-state index contributed by atoms with van der Waals surface area (Å²) in [4.78, 5) is 56.5. The summed E-state index contributed by atoms with van der Waals surface area (Å²) in [5.41, 5.74) is 3.63. The molecule has 2 spiro atoms. The minimum Gasteiger partial charge on any atom is -0.441 e. The fourth-order valence-electron chi connectivity index (χ4n) is 8.96. The maximum atomic E-state index is 14.1. The second-order valence-electron chi connectivity index (χ2n) is 14.4. The summed E-state index contributed by atoms with van der Waals surface area (Å²) in [6, 6.07) is 19.5. The summed E-state index contributed by atoms with van der Waals surface area (Å²) in [7, 11) is -2.47. The Hall–Kier alpha value is -4.84. The summed E-state index contributed by atoms with van der Waals surface area (Å²) in [5, 5.41) is 5.17. The van der Waals surface area contributed by atoms with Crippen molar-refractivity contribution in [3.05, 3.63) is 94.6 Å². The number of amides is 3. The molecule has 0 bridgehead atoms. The van der Waals surface area contributed by atoms with E-state index in [1.54, 1.807) is 18.2 Å². The van der Waals surface area contributed by atoms with Crippen LogP contribution in [0.3, 0.4) is 0 Å². The normalized spacial score (nSPS) is 21.6. The third-order valence-corrected chi connectivity index (χ3v) is 16.9. The van der Waals surface area contributed by atoms with Gasteiger partial charge in [-0.3, -0.25) is 19.3 Å². The molecule has 0 aromatic heterocycles. The van der Waals surface area contributed by atoms with E-state index in [0.717, 1.165) is 58.8 Å². The molecule has 12 heteroatoms. The molecule has 0 saturated carbocycles. The zero-order chi connectivity index (χ0) is 34.4. The lowest BCUT2D eigenvalue weighted by Gasteiger charge is -2.49. The predicted molar refractivity (Wildman–Crippen MR) is 186 cm³/mol. The van der Waals surface area contributed by atoms with Crippen molar-refractivity contribution in [3.63, 3.8) is 0 Å². The van der Waals surface area contributed by atoms with E-state index in [1.807, 2.05) is 34.1 Å². The number of ether oxygens (including phenoxy) is 1. The molecule has 3 aromatic rings. The molecule has 0 radical (unpaired) electrons. The summed E-state index contributed by atoms with van der Waals surface area (Å²) in [6.07, 6.45) is 3.97. The Kier molecular flexibility index (Phi) is 7.07. The topological polar surface area (TPSA) is 99.3 Å². The average Bonchev–Trinajstić information content (AvgIpc) is 3.58. The van der Waals surface area contributed by atoms with E-state index in [9.17, 15) is 28.0 Å². The van der Waals surface area contributed by atoms with Gasteiger partial charge in [0.1, 0.15) is 20.4 Å². The highest BCUT2D eigenvalue weighted by molar-refractivity contribution is 7.03. The molecule has 3 fully saturated rings. The van der Waals surface area contributed by atoms with E-state index in [-0.39, 0.29) is 13.1 Å². The van der Waals surface area contributed by atoms with Crippen LogP contribution in [0.15, 0.2) is 66.7 Å². The van der Waals surface area contributed by atoms with Crippen LogP contribution in [0.1, 0.15) is 56.7 Å². The van der Waals surface area contributed by atoms with Gasteiger partial charge in [-0.15, -0.1) is 0 Å². The first-order valence-corrected chi connectivity index (χ1v) is 19.9. The molecule has 6 aliphatic rings. The first-order valence-electron chi connectivity index (χ1n) is 17.5. The van der Waals surface area contributed by atoms with Crippen LogP contribution < -0.4 is 25.5 Å². The number of carbonyl (C=O) groups is 4. The van der Waals surface area contributed by atoms with Crippen LogP contribution in [0.5, 0.6) is 0 Å². The number of carbonyl (C=O) groups excluding carboxylic acids is 4. The van der Waals surface area contributed by atoms with Crippen LogP contribution >= 0.6 is 0 Å². The molecule has 3 amide bonds. The number of benzene rings is 3. The average molecular weight is 695 g/mol. The van der Waals surface area contributed by atoms with E-state index in [0.29, 0.717) is 42.9 Å². The van der Waals surface area contributed by atoms with Gasteiger partial charge in [0.2, 0.25) is 0 Å². The number of imide groups is 1. The standard InChI is InChI=1S/C38H36F2N4O5Si/c39-24-19-42(20-24)26-5-8-29-32(17-26)50(14-2-1-3-15-50)33-18-27(43-21-25(40)22-43)6-9-30(33)38(29)31-16-23(4-7-28(31)37(48)49-38)36(47)41-12-13-44-34(45)10-11-35(44)46/h4-11,16-18,24-25H,1-3,12-15,19-22H2,(H,41,47). The molecular formula is C38H36F2N4O5Si. The number of hydrogen-bond acceptors (Lipinski definition) is 7. The number of hydrogen-bond donors (Lipinski definition) is 1. The minimum absolute atomic E-state index is 0.0331. The van der Waals surface area contributed by atoms with Crippen LogP contribution in [0.25, 0.3) is 0 Å². The van der Waals surface area contributed by atoms with Gasteiger partial charge in [-0.25, -0.2) is 13.6 Å². The van der Waals surface area contributed by atoms with E-state index in [1.165, 1.54) is 22.5 Å². The highest BCUT2D eigenvalue weighted by Gasteiger charge is 2.59. The Morgan fingerprint density at radius 3 is 1.92 bits per heavy atom. The highest BCUT2D eigenvalue weighted by atomic mass is 28.3. The SMILES string of the molecule is O=C(NCCN1C(=O)C=CC1=O)c1ccc2c(c1)C1(OC2=O)c2ccc(N3CC(F)C3)cc2[Si]2(CCCCC2)c2cc(N3CC(F)C3)ccc21. The van der Waals surface area contributed by atoms with Gasteiger partial charge in [0, 0.05) is 58.9 Å². The highest BCUT2D eigenvalue weighted by Crippen LogP contribution is 2.51. The van der Waals surface area contributed by atoms with Gasteiger partial charge >= 0.3 is 5.97 Å². The van der Waals surface area contributed by atoms with Crippen molar-refractivity contribution in [2.24, 2.45) is 0 Å². The monoisotopic (exact) mass is 694 g/mol. The van der Waals surface area contributed by atoms with Crippen LogP contribution in [-0.2, 0) is 19.9 Å². The van der Waals surface area contributed by atoms with Gasteiger partial charge in [0.25, 0.3) is 17.7 Å². The molecule has 6 aliphatic heterocycles. The smallest absolute Gasteiger partial charge is 0.340 e. The summed E-state index contributed by atoms with van der Waals surface area (Å²) in [5.74, 6) is -1.73. The third-order valence-electron chi connectivity index (χ3n) is 11.6. The zero-order valence-corrected chi connectivity index (χ0v) is 28.4. The molecule has 0 aliphatic carbocycles. The quantitative estimate of drug-likeness (QED) is 0.241. The summed E-state index contributed by atoms with van der Waals surface area (Å²) in [6.45, 7) is 1.45. The number of fused-ring (bicyclic) bond motifs is 8. The Morgan fingerprint density at radius 2 is 1.36 bits per heavy atom. The number of alkyl halides is 2. The maximum absolute atomic E-state index is 14.1. The molecule has 3 saturated heterocycles. The lowest BCUT2D eigenvalue weighted by atomic mass is 9.78. The predicted octanol–water partition coefficient (Wildman–Crippen LogP) is 3.18. The maximum Gasteiger partial charge on any atom is 0.340 e. The van der Waals surface area contributed by atoms with Crippen LogP contribution in [-0.4, -0.2) is 88.3 Å². The van der Waals surface area contributed by atoms with E-state index in [2.05, 4.69) is 17.4 Å². The van der Waals surface area contributed by atoms with Gasteiger partial charge < -0.3 is 19.9 Å². The molecule has 256 valence electrons. The minimum atomic E-state index is -2.47. The lowest BCUT2D eigenvalue weighted by Crippen LogP contribution is -2.67. The van der Waals surface area contributed by atoms with Crippen molar-refractivity contribution >= 4 is 53.5 Å². The van der Waals surface area contributed by atoms with Gasteiger partial charge in [0.15, 0.2) is 5.60 Å². The zero-order valence-electron chi connectivity index (χ0n) is 27.4. The molecule has 9 nitrogen and oxygen atoms in total. The fraction of sp³-hybridized carbons (Fsp3) is 0.368. The summed E-state index contributed by atoms with van der Waals surface area (Å²) >= 11 is 0. The van der Waals surface area contributed by atoms with E-state index < -0.39 is 49.7 Å². The number of halogens is 2. The molecule has 9 rings (SSSR count). The van der Waals surface area contributed by atoms with E-state index >= 15 is 0 Å². The van der Waals surface area contributed by atoms with Crippen molar-refractivity contribution in [1.29, 1.82) is 0 Å². The van der Waals surface area contributed by atoms with Crippen molar-refractivity contribution < 1.29 is 32.7 Å². The molecule has 6 heterocycles. The Balaban J connectivity index is 1.18. The number of nitrogens with zero attached hydrogens (tertiary/aromatic N) is 3. The number of anilines is 2. The van der Waals surface area contributed by atoms with Crippen LogP contribution in [0.2, 0.25) is 12.1 Å². The molecule has 0 unspecified atom stereocenters. The van der Waals surface area contributed by atoms with Crippen molar-refractivity contribution in [2.75, 3.05) is 49.1 Å². The molecule has 3 aromatic carbocycles. The second-order valence-corrected chi connectivity index (χ2v) is 18.6. The molecule has 0 atom stereocenters. The van der Waals surface area contributed by atoms with Gasteiger partial charge in [-0.2, -0.15) is 0 Å². The molecule has 50 heavy (non-hydrogen) atoms. The fourth-order valence-corrected chi connectivity index (χ4v) is 14.7. The Labute approximate surface area is 288 Å². The van der Waals surface area contributed by atoms with Gasteiger partial charge in [0.05, 0.1) is 31.7 Å². The van der Waals surface area contributed by atoms with Crippen molar-refractivity contribution in [1.82, 2.24) is 10.2 Å². The molecular weight excluding hydrogens is 659 g/mol. The lowest BCUT2D eigenvalue weighted by molar-refractivity contribution is -0.136. The largest absolute Gasteiger partial charge is 0.441 e. The van der Waals surface area contributed by atoms with Crippen molar-refractivity contribution in [2.45, 2.75) is 49.3 Å². The first-order chi connectivity index (χ1) is 24.2. The van der Waals surface area contributed by atoms with Crippen LogP contribution in [0, 0.1) is 0 Å². The van der Waals surface area contributed by atoms with Gasteiger partial charge in [-0.05, 0) is 64.9 Å². The Bertz CT molecular complexity index is 1930. The van der Waals surface area contributed by atoms with Gasteiger partial charge in [-0.1, -0.05) is 31.4 Å². The van der Waals surface area contributed by atoms with E-state index in [4.69, 9.17) is 4.74 Å². The number of esters is 1. The third kappa shape index (κ3) is 4.53. The first kappa shape index (κ1) is 31.2. The summed E-state index contributed by atoms with van der Waals surface area (Å²) < 4.78 is 34.7. The van der Waals surface area contributed by atoms with Crippen molar-refractivity contribution in [3.8, 4) is 0 Å². The Morgan fingerprint density at radius 1 is 0.780 bits per heavy atom. The number of rotatable bonds is 6. The number of nitrogens with one attached hydrogen (secondary N) is 1. The molecule has 1 N–H and O–H groups in total.